The second-order valence-electron chi connectivity index (χ2n) is 5.75. The quantitative estimate of drug-likeness (QED) is 0.557. The molecule has 0 aliphatic rings. The first-order chi connectivity index (χ1) is 13.4. The Hall–Kier alpha value is -3.04. The molecule has 28 heavy (non-hydrogen) atoms. The highest BCUT2D eigenvalue weighted by atomic mass is 32.1. The van der Waals surface area contributed by atoms with Gasteiger partial charge in [0.05, 0.1) is 16.3 Å². The number of thiophene rings is 2. The van der Waals surface area contributed by atoms with Gasteiger partial charge >= 0.3 is 0 Å². The van der Waals surface area contributed by atoms with Gasteiger partial charge in [0.2, 0.25) is 5.91 Å². The first-order valence-corrected chi connectivity index (χ1v) is 9.85. The van der Waals surface area contributed by atoms with E-state index in [1.807, 2.05) is 0 Å². The number of halogens is 1. The highest BCUT2D eigenvalue weighted by Crippen LogP contribution is 2.28. The summed E-state index contributed by atoms with van der Waals surface area (Å²) in [5, 5.41) is 2.66. The van der Waals surface area contributed by atoms with Crippen LogP contribution in [0.2, 0.25) is 0 Å². The summed E-state index contributed by atoms with van der Waals surface area (Å²) in [5.41, 5.74) is 5.56. The molecule has 0 bridgehead atoms. The summed E-state index contributed by atoms with van der Waals surface area (Å²) in [6.45, 7) is 1.77. The first kappa shape index (κ1) is 19.7. The average molecular weight is 417 g/mol. The molecule has 0 atom stereocenters. The molecule has 0 aliphatic heterocycles. The number of rotatable bonds is 5. The van der Waals surface area contributed by atoms with Crippen molar-refractivity contribution in [2.24, 2.45) is 0 Å². The van der Waals surface area contributed by atoms with Gasteiger partial charge in [-0.25, -0.2) is 4.39 Å². The molecule has 0 spiro atoms. The van der Waals surface area contributed by atoms with Crippen LogP contribution in [-0.2, 0) is 11.3 Å². The van der Waals surface area contributed by atoms with Gasteiger partial charge in [-0.1, -0.05) is 12.1 Å². The maximum absolute atomic E-state index is 13.0. The molecule has 2 aromatic heterocycles. The van der Waals surface area contributed by atoms with Gasteiger partial charge in [-0.05, 0) is 42.0 Å². The molecule has 144 valence electrons. The van der Waals surface area contributed by atoms with Crippen LogP contribution >= 0.6 is 22.7 Å². The van der Waals surface area contributed by atoms with Crippen molar-refractivity contribution < 1.29 is 18.8 Å². The number of benzene rings is 1. The molecule has 0 saturated heterocycles. The second-order valence-corrected chi connectivity index (χ2v) is 8.01. The second kappa shape index (κ2) is 8.77. The molecule has 2 heterocycles. The average Bonchev–Trinajstić information content (AvgIpc) is 3.34. The number of carbonyl (C=O) groups is 3. The maximum atomic E-state index is 13.0. The number of carbonyl (C=O) groups excluding carboxylic acids is 3. The van der Waals surface area contributed by atoms with Crippen molar-refractivity contribution in [2.75, 3.05) is 0 Å². The Bertz CT molecular complexity index is 1010. The molecule has 3 N–H and O–H groups in total. The monoisotopic (exact) mass is 417 g/mol. The minimum absolute atomic E-state index is 0.150. The van der Waals surface area contributed by atoms with Crippen molar-refractivity contribution in [3.05, 3.63) is 69.0 Å². The summed E-state index contributed by atoms with van der Waals surface area (Å²) in [7, 11) is 0. The zero-order valence-electron chi connectivity index (χ0n) is 14.7. The van der Waals surface area contributed by atoms with E-state index in [0.29, 0.717) is 16.3 Å². The number of hydrogen-bond acceptors (Lipinski definition) is 5. The van der Waals surface area contributed by atoms with Gasteiger partial charge in [0.1, 0.15) is 5.82 Å². The zero-order chi connectivity index (χ0) is 20.1. The Labute approximate surface area is 168 Å². The molecule has 3 amide bonds. The highest BCUT2D eigenvalue weighted by molar-refractivity contribution is 7.17. The Balaban J connectivity index is 1.56. The normalized spacial score (nSPS) is 10.4. The predicted molar refractivity (Wildman–Crippen MR) is 106 cm³/mol. The smallest absolute Gasteiger partial charge is 0.279 e. The summed E-state index contributed by atoms with van der Waals surface area (Å²) in [4.78, 5) is 37.8. The summed E-state index contributed by atoms with van der Waals surface area (Å²) in [6, 6.07) is 12.8. The van der Waals surface area contributed by atoms with E-state index in [-0.39, 0.29) is 11.7 Å². The van der Waals surface area contributed by atoms with Crippen LogP contribution in [0.3, 0.4) is 0 Å². The Kier molecular flexibility index (Phi) is 6.17. The Morgan fingerprint density at radius 2 is 1.46 bits per heavy atom. The highest BCUT2D eigenvalue weighted by Gasteiger charge is 2.14. The van der Waals surface area contributed by atoms with E-state index in [9.17, 15) is 18.8 Å². The number of hydrazine groups is 1. The van der Waals surface area contributed by atoms with Gasteiger partial charge in [-0.15, -0.1) is 22.7 Å². The van der Waals surface area contributed by atoms with Crippen LogP contribution in [-0.4, -0.2) is 17.7 Å². The molecule has 1 aromatic carbocycles. The first-order valence-electron chi connectivity index (χ1n) is 8.22. The van der Waals surface area contributed by atoms with Gasteiger partial charge in [0.15, 0.2) is 0 Å². The van der Waals surface area contributed by atoms with Crippen LogP contribution in [0, 0.1) is 5.82 Å². The van der Waals surface area contributed by atoms with E-state index < -0.39 is 11.8 Å². The van der Waals surface area contributed by atoms with Crippen molar-refractivity contribution in [3.63, 3.8) is 0 Å². The van der Waals surface area contributed by atoms with E-state index in [1.54, 1.807) is 36.4 Å². The van der Waals surface area contributed by atoms with Crippen LogP contribution < -0.4 is 16.2 Å². The largest absolute Gasteiger partial charge is 0.351 e. The fourth-order valence-corrected chi connectivity index (χ4v) is 4.02. The van der Waals surface area contributed by atoms with Crippen molar-refractivity contribution in [1.29, 1.82) is 0 Å². The lowest BCUT2D eigenvalue weighted by Gasteiger charge is -2.04. The van der Waals surface area contributed by atoms with Gasteiger partial charge in [0.25, 0.3) is 11.8 Å². The summed E-state index contributed by atoms with van der Waals surface area (Å²) >= 11 is 2.46. The third-order valence-corrected chi connectivity index (χ3v) is 5.86. The molecule has 0 unspecified atom stereocenters. The minimum Gasteiger partial charge on any atom is -0.351 e. The zero-order valence-corrected chi connectivity index (χ0v) is 16.4. The number of amides is 3. The molecule has 0 saturated carbocycles. The van der Waals surface area contributed by atoms with Crippen molar-refractivity contribution in [3.8, 4) is 10.4 Å². The van der Waals surface area contributed by atoms with Crippen molar-refractivity contribution in [1.82, 2.24) is 16.2 Å². The number of hydrogen-bond donors (Lipinski definition) is 3. The van der Waals surface area contributed by atoms with Crippen LogP contribution in [0.5, 0.6) is 0 Å². The third-order valence-electron chi connectivity index (χ3n) is 3.65. The van der Waals surface area contributed by atoms with Gasteiger partial charge in [-0.2, -0.15) is 0 Å². The lowest BCUT2D eigenvalue weighted by Crippen LogP contribution is -2.41. The Morgan fingerprint density at radius 1 is 0.857 bits per heavy atom. The van der Waals surface area contributed by atoms with E-state index in [2.05, 4.69) is 16.2 Å². The van der Waals surface area contributed by atoms with Gasteiger partial charge in [-0.3, -0.25) is 25.2 Å². The molecule has 0 radical (unpaired) electrons. The minimum atomic E-state index is -0.443. The fraction of sp³-hybridized carbons (Fsp3) is 0.105. The fourth-order valence-electron chi connectivity index (χ4n) is 2.27. The van der Waals surface area contributed by atoms with Crippen LogP contribution in [0.4, 0.5) is 4.39 Å². The lowest BCUT2D eigenvalue weighted by molar-refractivity contribution is -0.119. The van der Waals surface area contributed by atoms with Gasteiger partial charge < -0.3 is 5.32 Å². The van der Waals surface area contributed by atoms with Gasteiger partial charge in [0, 0.05) is 16.7 Å². The van der Waals surface area contributed by atoms with Crippen LogP contribution in [0.15, 0.2) is 48.5 Å². The number of nitrogens with one attached hydrogen (secondary N) is 3. The third kappa shape index (κ3) is 5.02. The van der Waals surface area contributed by atoms with E-state index in [1.165, 1.54) is 41.7 Å². The molecule has 0 aliphatic carbocycles. The maximum Gasteiger partial charge on any atom is 0.279 e. The van der Waals surface area contributed by atoms with Crippen LogP contribution in [0.1, 0.15) is 31.1 Å². The van der Waals surface area contributed by atoms with E-state index >= 15 is 0 Å². The molecular formula is C19H16FN3O3S2. The van der Waals surface area contributed by atoms with E-state index in [4.69, 9.17) is 0 Å². The molecule has 3 aromatic rings. The lowest BCUT2D eigenvalue weighted by atomic mass is 10.2. The van der Waals surface area contributed by atoms with Crippen LogP contribution in [0.25, 0.3) is 10.4 Å². The summed E-state index contributed by atoms with van der Waals surface area (Å²) < 4.78 is 13.0. The summed E-state index contributed by atoms with van der Waals surface area (Å²) in [5.74, 6) is -1.36. The SMILES string of the molecule is CC(=O)NCc1ccc(C(=O)NNC(=O)c2ccc(-c3ccc(F)cc3)s2)s1. The Morgan fingerprint density at radius 3 is 2.11 bits per heavy atom. The summed E-state index contributed by atoms with van der Waals surface area (Å²) in [6.07, 6.45) is 0. The molecular weight excluding hydrogens is 401 g/mol. The molecule has 0 fully saturated rings. The molecule has 3 rings (SSSR count). The standard InChI is InChI=1S/C19H16FN3O3S2/c1-11(24)21-10-14-6-7-16(27-14)18(25)22-23-19(26)17-9-8-15(28-17)12-2-4-13(20)5-3-12/h2-9H,10H2,1H3,(H,21,24)(H,22,25)(H,23,26). The molecule has 6 nitrogen and oxygen atoms in total. The molecule has 9 heteroatoms. The van der Waals surface area contributed by atoms with Crippen molar-refractivity contribution >= 4 is 40.4 Å². The van der Waals surface area contributed by atoms with Crippen molar-refractivity contribution in [2.45, 2.75) is 13.5 Å². The van der Waals surface area contributed by atoms with E-state index in [0.717, 1.165) is 15.3 Å². The topological polar surface area (TPSA) is 87.3 Å². The predicted octanol–water partition coefficient (Wildman–Crippen LogP) is 3.33.